The number of hydrogen-bond donors (Lipinski definition) is 0. The predicted octanol–water partition coefficient (Wildman–Crippen LogP) is 6.39. The molecule has 2 saturated heterocycles. The Morgan fingerprint density at radius 3 is 1.56 bits per heavy atom. The van der Waals surface area contributed by atoms with Crippen molar-refractivity contribution in [3.8, 4) is 17.2 Å². The maximum absolute atomic E-state index is 12.6. The Bertz CT molecular complexity index is 1140. The molecule has 0 amide bonds. The lowest BCUT2D eigenvalue weighted by Gasteiger charge is -2.18. The molecule has 2 saturated carbocycles. The van der Waals surface area contributed by atoms with Crippen LogP contribution in [0.25, 0.3) is 0 Å². The van der Waals surface area contributed by atoms with Crippen molar-refractivity contribution in [2.75, 3.05) is 39.6 Å². The zero-order chi connectivity index (χ0) is 29.3. The van der Waals surface area contributed by atoms with Gasteiger partial charge in [0.1, 0.15) is 17.2 Å². The molecule has 0 aromatic heterocycles. The zero-order valence-corrected chi connectivity index (χ0v) is 25.2. The minimum atomic E-state index is -0.406. The van der Waals surface area contributed by atoms with Gasteiger partial charge in [-0.25, -0.2) is 4.79 Å². The molecule has 6 atom stereocenters. The van der Waals surface area contributed by atoms with E-state index in [1.54, 1.807) is 36.4 Å². The van der Waals surface area contributed by atoms with E-state index in [2.05, 4.69) is 0 Å². The average Bonchev–Trinajstić information content (AvgIpc) is 3.96. The predicted molar refractivity (Wildman–Crippen MR) is 161 cm³/mol. The van der Waals surface area contributed by atoms with E-state index in [4.69, 9.17) is 33.2 Å². The van der Waals surface area contributed by atoms with Crippen LogP contribution in [0.4, 0.5) is 0 Å². The molecule has 234 valence electrons. The first-order valence-corrected chi connectivity index (χ1v) is 16.3. The molecule has 2 aliphatic heterocycles. The lowest BCUT2D eigenvalue weighted by molar-refractivity contribution is 0.0734. The molecule has 0 N–H and O–H groups in total. The van der Waals surface area contributed by atoms with Crippen LogP contribution in [-0.4, -0.2) is 70.0 Å². The molecule has 0 bridgehead atoms. The minimum Gasteiger partial charge on any atom is -0.494 e. The maximum atomic E-state index is 12.6. The SMILES string of the molecule is O=C(Oc1ccc(OCCCCOCC2CCC3OC3C2)cc1)c1ccc(OCCCCOCC2CCC3OC3C2)cc1. The number of esters is 1. The van der Waals surface area contributed by atoms with Crippen LogP contribution in [0.3, 0.4) is 0 Å². The highest BCUT2D eigenvalue weighted by atomic mass is 16.6. The van der Waals surface area contributed by atoms with Gasteiger partial charge in [-0.1, -0.05) is 0 Å². The Labute approximate surface area is 255 Å². The standard InChI is InChI=1S/C35H46O8/c36-35(27-7-9-28(10-8-27)39-19-3-1-17-37-23-25-5-15-31-33(21-25)42-31)41-30-13-11-29(12-14-30)40-20-4-2-18-38-24-26-6-16-32-34(22-26)43-32/h7-14,25-26,31-34H,1-6,15-24H2. The molecule has 6 rings (SSSR count). The molecule has 0 radical (unpaired) electrons. The normalized spacial score (nSPS) is 27.1. The summed E-state index contributed by atoms with van der Waals surface area (Å²) in [5, 5.41) is 0. The Morgan fingerprint density at radius 1 is 0.581 bits per heavy atom. The molecular formula is C35H46O8. The number of benzene rings is 2. The molecule has 2 aromatic carbocycles. The third-order valence-corrected chi connectivity index (χ3v) is 8.96. The zero-order valence-electron chi connectivity index (χ0n) is 25.2. The molecular weight excluding hydrogens is 548 g/mol. The first-order chi connectivity index (χ1) is 21.2. The molecule has 8 nitrogen and oxygen atoms in total. The van der Waals surface area contributed by atoms with Gasteiger partial charge >= 0.3 is 5.97 Å². The molecule has 6 unspecified atom stereocenters. The molecule has 2 aliphatic carbocycles. The van der Waals surface area contributed by atoms with Gasteiger partial charge in [-0.05, 0) is 125 Å². The molecule has 0 spiro atoms. The summed E-state index contributed by atoms with van der Waals surface area (Å²) in [7, 11) is 0. The number of hydrogen-bond acceptors (Lipinski definition) is 8. The van der Waals surface area contributed by atoms with E-state index < -0.39 is 5.97 Å². The highest BCUT2D eigenvalue weighted by molar-refractivity contribution is 5.91. The van der Waals surface area contributed by atoms with Crippen molar-refractivity contribution >= 4 is 5.97 Å². The molecule has 4 aliphatic rings. The van der Waals surface area contributed by atoms with Gasteiger partial charge in [-0.2, -0.15) is 0 Å². The highest BCUT2D eigenvalue weighted by Gasteiger charge is 2.44. The summed E-state index contributed by atoms with van der Waals surface area (Å²) >= 11 is 0. The van der Waals surface area contributed by atoms with E-state index in [9.17, 15) is 4.79 Å². The van der Waals surface area contributed by atoms with Crippen LogP contribution in [-0.2, 0) is 18.9 Å². The van der Waals surface area contributed by atoms with Crippen LogP contribution in [0.2, 0.25) is 0 Å². The lowest BCUT2D eigenvalue weighted by Crippen LogP contribution is -2.18. The van der Waals surface area contributed by atoms with Crippen molar-refractivity contribution in [3.63, 3.8) is 0 Å². The Hall–Kier alpha value is -2.65. The monoisotopic (exact) mass is 594 g/mol. The Kier molecular flexibility index (Phi) is 10.9. The maximum Gasteiger partial charge on any atom is 0.343 e. The van der Waals surface area contributed by atoms with E-state index >= 15 is 0 Å². The number of ether oxygens (including phenoxy) is 7. The van der Waals surface area contributed by atoms with Crippen molar-refractivity contribution < 1.29 is 38.0 Å². The van der Waals surface area contributed by atoms with Crippen molar-refractivity contribution in [1.29, 1.82) is 0 Å². The van der Waals surface area contributed by atoms with Gasteiger partial charge in [0, 0.05) is 26.4 Å². The van der Waals surface area contributed by atoms with Crippen molar-refractivity contribution in [2.45, 2.75) is 88.6 Å². The van der Waals surface area contributed by atoms with Crippen LogP contribution < -0.4 is 14.2 Å². The summed E-state index contributed by atoms with van der Waals surface area (Å²) in [5.74, 6) is 2.88. The van der Waals surface area contributed by atoms with Crippen LogP contribution in [0.5, 0.6) is 17.2 Å². The molecule has 2 aromatic rings. The lowest BCUT2D eigenvalue weighted by atomic mass is 9.90. The van der Waals surface area contributed by atoms with Crippen LogP contribution in [0, 0.1) is 11.8 Å². The van der Waals surface area contributed by atoms with Crippen LogP contribution in [0.15, 0.2) is 48.5 Å². The second kappa shape index (κ2) is 15.4. The number of epoxide rings is 2. The van der Waals surface area contributed by atoms with Gasteiger partial charge in [-0.3, -0.25) is 0 Å². The fourth-order valence-electron chi connectivity index (χ4n) is 6.23. The molecule has 43 heavy (non-hydrogen) atoms. The van der Waals surface area contributed by atoms with Gasteiger partial charge in [0.05, 0.1) is 43.2 Å². The fraction of sp³-hybridized carbons (Fsp3) is 0.629. The van der Waals surface area contributed by atoms with Gasteiger partial charge in [0.15, 0.2) is 0 Å². The van der Waals surface area contributed by atoms with E-state index in [-0.39, 0.29) is 0 Å². The number of rotatable bonds is 18. The van der Waals surface area contributed by atoms with Crippen LogP contribution in [0.1, 0.15) is 74.6 Å². The molecule has 8 heteroatoms. The summed E-state index contributed by atoms with van der Waals surface area (Å²) < 4.78 is 40.1. The van der Waals surface area contributed by atoms with Crippen molar-refractivity contribution in [1.82, 2.24) is 0 Å². The van der Waals surface area contributed by atoms with E-state index in [0.717, 1.165) is 76.5 Å². The average molecular weight is 595 g/mol. The number of carbonyl (C=O) groups is 1. The highest BCUT2D eigenvalue weighted by Crippen LogP contribution is 2.40. The summed E-state index contributed by atoms with van der Waals surface area (Å²) in [6, 6.07) is 14.2. The second-order valence-corrected chi connectivity index (χ2v) is 12.4. The fourth-order valence-corrected chi connectivity index (χ4v) is 6.23. The topological polar surface area (TPSA) is 88.3 Å². The van der Waals surface area contributed by atoms with E-state index in [1.807, 2.05) is 12.1 Å². The number of fused-ring (bicyclic) bond motifs is 2. The largest absolute Gasteiger partial charge is 0.494 e. The van der Waals surface area contributed by atoms with Crippen LogP contribution >= 0.6 is 0 Å². The summed E-state index contributed by atoms with van der Waals surface area (Å²) in [4.78, 5) is 12.6. The first-order valence-electron chi connectivity index (χ1n) is 16.3. The second-order valence-electron chi connectivity index (χ2n) is 12.4. The number of unbranched alkanes of at least 4 members (excludes halogenated alkanes) is 2. The van der Waals surface area contributed by atoms with E-state index in [1.165, 1.54) is 25.7 Å². The van der Waals surface area contributed by atoms with Gasteiger partial charge in [0.2, 0.25) is 0 Å². The smallest absolute Gasteiger partial charge is 0.343 e. The minimum absolute atomic E-state index is 0.406. The van der Waals surface area contributed by atoms with Gasteiger partial charge < -0.3 is 33.2 Å². The van der Waals surface area contributed by atoms with Gasteiger partial charge in [-0.15, -0.1) is 0 Å². The van der Waals surface area contributed by atoms with Crippen molar-refractivity contribution in [3.05, 3.63) is 54.1 Å². The quantitative estimate of drug-likeness (QED) is 0.0849. The summed E-state index contributed by atoms with van der Waals surface area (Å²) in [6.45, 7) is 4.47. The van der Waals surface area contributed by atoms with Crippen molar-refractivity contribution in [2.24, 2.45) is 11.8 Å². The van der Waals surface area contributed by atoms with E-state index in [0.29, 0.717) is 60.8 Å². The Morgan fingerprint density at radius 2 is 1.05 bits per heavy atom. The third-order valence-electron chi connectivity index (χ3n) is 8.96. The Balaban J connectivity index is 0.784. The summed E-state index contributed by atoms with van der Waals surface area (Å²) in [5.41, 5.74) is 0.475. The number of carbonyl (C=O) groups excluding carboxylic acids is 1. The molecule has 4 fully saturated rings. The first kappa shape index (κ1) is 30.4. The molecule has 2 heterocycles. The van der Waals surface area contributed by atoms with Gasteiger partial charge in [0.25, 0.3) is 0 Å². The summed E-state index contributed by atoms with van der Waals surface area (Å²) in [6.07, 6.45) is 13.1. The third kappa shape index (κ3) is 9.67.